The van der Waals surface area contributed by atoms with E-state index in [2.05, 4.69) is 24.2 Å². The first-order valence-electron chi connectivity index (χ1n) is 10.8. The quantitative estimate of drug-likeness (QED) is 0.478. The third kappa shape index (κ3) is 5.53. The van der Waals surface area contributed by atoms with Gasteiger partial charge in [0, 0.05) is 12.3 Å². The molecule has 2 rings (SSSR count). The number of urea groups is 1. The Morgan fingerprint density at radius 1 is 1.13 bits per heavy atom. The Balaban J connectivity index is 2.13. The summed E-state index contributed by atoms with van der Waals surface area (Å²) in [5.41, 5.74) is 3.21. The molecule has 1 aliphatic heterocycles. The van der Waals surface area contributed by atoms with Gasteiger partial charge in [-0.3, -0.25) is 19.9 Å². The summed E-state index contributed by atoms with van der Waals surface area (Å²) in [7, 11) is 0. The van der Waals surface area contributed by atoms with Crippen molar-refractivity contribution in [1.29, 1.82) is 0 Å². The van der Waals surface area contributed by atoms with Crippen LogP contribution in [0, 0.1) is 26.7 Å². The second-order valence-electron chi connectivity index (χ2n) is 8.19. The number of nitrogens with one attached hydrogen (secondary N) is 2. The Hall–Kier alpha value is -2.54. The minimum absolute atomic E-state index is 0.00878. The van der Waals surface area contributed by atoms with Gasteiger partial charge in [0.2, 0.25) is 5.91 Å². The van der Waals surface area contributed by atoms with E-state index >= 15 is 0 Å². The van der Waals surface area contributed by atoms with E-state index in [4.69, 9.17) is 0 Å². The molecule has 0 aromatic heterocycles. The molecule has 1 fully saturated rings. The maximum absolute atomic E-state index is 13.1. The standard InChI is InChI=1S/C23H34N4O3/c1-7-26(8-2)11-9-10-18(6)24-14-19-21(28)25-23(30)27(22(19)29)20-16(4)12-15(3)13-17(20)5/h12-14,18-19H,7-11H2,1-6H3,(H,25,28,30)/p+1/t18-,19?/m1/s1. The third-order valence-corrected chi connectivity index (χ3v) is 5.70. The first-order chi connectivity index (χ1) is 14.2. The lowest BCUT2D eigenvalue weighted by atomic mass is 10.0. The van der Waals surface area contributed by atoms with Crippen LogP contribution in [-0.4, -0.2) is 49.7 Å². The Bertz CT molecular complexity index is 807. The number of anilines is 1. The minimum Gasteiger partial charge on any atom is -0.335 e. The van der Waals surface area contributed by atoms with Crippen LogP contribution in [0.5, 0.6) is 0 Å². The van der Waals surface area contributed by atoms with E-state index in [-0.39, 0.29) is 6.04 Å². The SMILES string of the molecule is CC[NH+](CC)CCC[C@@H](C)N=CC1C(=O)NC(=O)N(c2c(C)cc(C)cc2C)C1=O. The molecule has 164 valence electrons. The van der Waals surface area contributed by atoms with Gasteiger partial charge < -0.3 is 4.90 Å². The molecule has 7 nitrogen and oxygen atoms in total. The highest BCUT2D eigenvalue weighted by atomic mass is 16.2. The highest BCUT2D eigenvalue weighted by Crippen LogP contribution is 2.29. The number of nitrogens with zero attached hydrogens (tertiary/aromatic N) is 2. The molecule has 0 aliphatic carbocycles. The molecule has 1 aromatic rings. The van der Waals surface area contributed by atoms with E-state index in [0.29, 0.717) is 5.69 Å². The van der Waals surface area contributed by atoms with Crippen LogP contribution in [0.4, 0.5) is 10.5 Å². The highest BCUT2D eigenvalue weighted by molar-refractivity contribution is 6.32. The minimum atomic E-state index is -1.10. The van der Waals surface area contributed by atoms with E-state index in [0.717, 1.165) is 54.1 Å². The summed E-state index contributed by atoms with van der Waals surface area (Å²) in [6, 6.07) is 3.14. The van der Waals surface area contributed by atoms with Crippen LogP contribution in [0.2, 0.25) is 0 Å². The molecule has 4 amide bonds. The van der Waals surface area contributed by atoms with Gasteiger partial charge in [-0.2, -0.15) is 0 Å². The number of carbonyl (C=O) groups excluding carboxylic acids is 3. The average molecular weight is 416 g/mol. The van der Waals surface area contributed by atoms with Crippen molar-refractivity contribution in [3.8, 4) is 0 Å². The lowest BCUT2D eigenvalue weighted by Crippen LogP contribution is -3.11. The predicted molar refractivity (Wildman–Crippen MR) is 119 cm³/mol. The van der Waals surface area contributed by atoms with Gasteiger partial charge in [0.1, 0.15) is 0 Å². The van der Waals surface area contributed by atoms with E-state index in [1.165, 1.54) is 6.21 Å². The maximum atomic E-state index is 13.1. The van der Waals surface area contributed by atoms with Crippen LogP contribution >= 0.6 is 0 Å². The Kier molecular flexibility index (Phi) is 8.29. The van der Waals surface area contributed by atoms with Crippen LogP contribution < -0.4 is 15.1 Å². The molecule has 0 saturated carbocycles. The normalized spacial score (nSPS) is 18.4. The van der Waals surface area contributed by atoms with E-state index in [1.807, 2.05) is 39.8 Å². The molecule has 1 unspecified atom stereocenters. The van der Waals surface area contributed by atoms with Gasteiger partial charge in [-0.1, -0.05) is 17.7 Å². The van der Waals surface area contributed by atoms with Crippen molar-refractivity contribution in [3.63, 3.8) is 0 Å². The van der Waals surface area contributed by atoms with Crippen molar-refractivity contribution in [2.75, 3.05) is 24.5 Å². The molecule has 2 N–H and O–H groups in total. The summed E-state index contributed by atoms with van der Waals surface area (Å²) in [4.78, 5) is 45.0. The number of hydrogen-bond acceptors (Lipinski definition) is 4. The summed E-state index contributed by atoms with van der Waals surface area (Å²) in [6.07, 6.45) is 3.33. The molecule has 7 heteroatoms. The number of rotatable bonds is 9. The zero-order chi connectivity index (χ0) is 22.4. The Morgan fingerprint density at radius 2 is 1.73 bits per heavy atom. The van der Waals surface area contributed by atoms with Gasteiger partial charge in [-0.15, -0.1) is 0 Å². The van der Waals surface area contributed by atoms with Crippen molar-refractivity contribution in [2.24, 2.45) is 10.9 Å². The number of barbiturate groups is 1. The maximum Gasteiger partial charge on any atom is 0.335 e. The fraction of sp³-hybridized carbons (Fsp3) is 0.565. The molecule has 1 aromatic carbocycles. The summed E-state index contributed by atoms with van der Waals surface area (Å²) < 4.78 is 0. The van der Waals surface area contributed by atoms with E-state index in [9.17, 15) is 14.4 Å². The molecule has 2 atom stereocenters. The van der Waals surface area contributed by atoms with E-state index < -0.39 is 23.8 Å². The van der Waals surface area contributed by atoms with Gasteiger partial charge in [0.15, 0.2) is 5.92 Å². The van der Waals surface area contributed by atoms with Gasteiger partial charge in [-0.05, 0) is 65.5 Å². The highest BCUT2D eigenvalue weighted by Gasteiger charge is 2.41. The number of imide groups is 2. The fourth-order valence-corrected chi connectivity index (χ4v) is 4.02. The molecule has 0 bridgehead atoms. The van der Waals surface area contributed by atoms with Crippen molar-refractivity contribution < 1.29 is 19.3 Å². The van der Waals surface area contributed by atoms with Crippen LogP contribution in [0.3, 0.4) is 0 Å². The third-order valence-electron chi connectivity index (χ3n) is 5.70. The number of benzene rings is 1. The van der Waals surface area contributed by atoms with Gasteiger partial charge in [0.25, 0.3) is 5.91 Å². The summed E-state index contributed by atoms with van der Waals surface area (Å²) in [6.45, 7) is 15.3. The molecule has 1 saturated heterocycles. The lowest BCUT2D eigenvalue weighted by molar-refractivity contribution is -0.896. The second-order valence-corrected chi connectivity index (χ2v) is 8.19. The van der Waals surface area contributed by atoms with Crippen LogP contribution in [0.15, 0.2) is 17.1 Å². The summed E-state index contributed by atoms with van der Waals surface area (Å²) >= 11 is 0. The Morgan fingerprint density at radius 3 is 2.30 bits per heavy atom. The number of amides is 4. The van der Waals surface area contributed by atoms with E-state index in [1.54, 1.807) is 4.90 Å². The summed E-state index contributed by atoms with van der Waals surface area (Å²) in [5, 5.41) is 2.31. The van der Waals surface area contributed by atoms with Gasteiger partial charge in [-0.25, -0.2) is 9.69 Å². The fourth-order valence-electron chi connectivity index (χ4n) is 4.02. The molecule has 1 aliphatic rings. The number of carbonyl (C=O) groups is 3. The van der Waals surface area contributed by atoms with Crippen molar-refractivity contribution in [3.05, 3.63) is 28.8 Å². The smallest absolute Gasteiger partial charge is 0.335 e. The lowest BCUT2D eigenvalue weighted by Gasteiger charge is -2.31. The van der Waals surface area contributed by atoms with Gasteiger partial charge in [0.05, 0.1) is 25.3 Å². The van der Waals surface area contributed by atoms with Crippen molar-refractivity contribution in [1.82, 2.24) is 5.32 Å². The summed E-state index contributed by atoms with van der Waals surface area (Å²) in [5.74, 6) is -2.27. The van der Waals surface area contributed by atoms with Crippen LogP contribution in [-0.2, 0) is 9.59 Å². The van der Waals surface area contributed by atoms with Gasteiger partial charge >= 0.3 is 6.03 Å². The predicted octanol–water partition coefficient (Wildman–Crippen LogP) is 1.98. The number of hydrogen-bond donors (Lipinski definition) is 2. The molecular weight excluding hydrogens is 380 g/mol. The zero-order valence-electron chi connectivity index (χ0n) is 19.0. The molecule has 1 heterocycles. The monoisotopic (exact) mass is 415 g/mol. The first kappa shape index (κ1) is 23.7. The number of quaternary nitrogens is 1. The zero-order valence-corrected chi connectivity index (χ0v) is 19.0. The average Bonchev–Trinajstić information content (AvgIpc) is 2.66. The largest absolute Gasteiger partial charge is 0.335 e. The first-order valence-corrected chi connectivity index (χ1v) is 10.8. The number of aryl methyl sites for hydroxylation is 3. The molecule has 0 spiro atoms. The molecule has 30 heavy (non-hydrogen) atoms. The van der Waals surface area contributed by atoms with Crippen LogP contribution in [0.1, 0.15) is 50.3 Å². The van der Waals surface area contributed by atoms with Crippen LogP contribution in [0.25, 0.3) is 0 Å². The second kappa shape index (κ2) is 10.5. The van der Waals surface area contributed by atoms with Crippen molar-refractivity contribution >= 4 is 29.7 Å². The number of aliphatic imine (C=N–C) groups is 1. The molecular formula is C23H35N4O3+. The Labute approximate surface area is 179 Å². The van der Waals surface area contributed by atoms with Crippen molar-refractivity contribution in [2.45, 2.75) is 60.4 Å². The molecule has 0 radical (unpaired) electrons. The topological polar surface area (TPSA) is 83.3 Å².